The Balaban J connectivity index is 2.27. The number of nitrogens with two attached hydrogens (primary N) is 1. The first kappa shape index (κ1) is 11.0. The molecule has 1 aromatic rings. The molecule has 0 aliphatic heterocycles. The van der Waals surface area contributed by atoms with Gasteiger partial charge in [-0.3, -0.25) is 4.68 Å². The Labute approximate surface area is 85.0 Å². The third-order valence-corrected chi connectivity index (χ3v) is 1.99. The second-order valence-corrected chi connectivity index (χ2v) is 3.28. The van der Waals surface area contributed by atoms with Crippen LogP contribution in [0.5, 0.6) is 5.75 Å². The van der Waals surface area contributed by atoms with E-state index in [1.54, 1.807) is 6.20 Å². The Morgan fingerprint density at radius 1 is 1.50 bits per heavy atom. The summed E-state index contributed by atoms with van der Waals surface area (Å²) in [6.45, 7) is 4.26. The summed E-state index contributed by atoms with van der Waals surface area (Å²) in [5.74, 6) is 0.812. The summed E-state index contributed by atoms with van der Waals surface area (Å²) in [4.78, 5) is 0. The van der Waals surface area contributed by atoms with E-state index < -0.39 is 0 Å². The van der Waals surface area contributed by atoms with E-state index in [2.05, 4.69) is 12.0 Å². The van der Waals surface area contributed by atoms with E-state index in [1.807, 2.05) is 10.9 Å². The molecule has 4 heteroatoms. The second kappa shape index (κ2) is 6.43. The van der Waals surface area contributed by atoms with Gasteiger partial charge in [0.25, 0.3) is 0 Å². The van der Waals surface area contributed by atoms with Crippen molar-refractivity contribution in [2.75, 3.05) is 13.2 Å². The average molecular weight is 197 g/mol. The molecule has 0 bridgehead atoms. The minimum Gasteiger partial charge on any atom is -0.489 e. The number of unbranched alkanes of at least 4 members (excludes halogenated alkanes) is 2. The number of aromatic nitrogens is 2. The zero-order valence-corrected chi connectivity index (χ0v) is 8.78. The van der Waals surface area contributed by atoms with Crippen LogP contribution in [0.3, 0.4) is 0 Å². The minimum absolute atomic E-state index is 0.543. The van der Waals surface area contributed by atoms with Crippen LogP contribution in [-0.4, -0.2) is 22.9 Å². The zero-order chi connectivity index (χ0) is 10.2. The van der Waals surface area contributed by atoms with Gasteiger partial charge in [0, 0.05) is 13.1 Å². The first-order valence-electron chi connectivity index (χ1n) is 5.22. The van der Waals surface area contributed by atoms with E-state index in [0.29, 0.717) is 13.2 Å². The highest BCUT2D eigenvalue weighted by Gasteiger charge is 1.98. The highest BCUT2D eigenvalue weighted by Crippen LogP contribution is 2.08. The standard InChI is InChI=1S/C10H19N3O/c1-2-3-4-6-13-9-10(8-12-13)14-7-5-11/h8-9H,2-7,11H2,1H3. The van der Waals surface area contributed by atoms with Gasteiger partial charge in [-0.25, -0.2) is 0 Å². The van der Waals surface area contributed by atoms with Crippen molar-refractivity contribution in [2.24, 2.45) is 5.73 Å². The summed E-state index contributed by atoms with van der Waals surface area (Å²) in [7, 11) is 0. The predicted molar refractivity (Wildman–Crippen MR) is 56.3 cm³/mol. The van der Waals surface area contributed by atoms with Crippen molar-refractivity contribution in [2.45, 2.75) is 32.7 Å². The van der Waals surface area contributed by atoms with Crippen molar-refractivity contribution < 1.29 is 4.74 Å². The summed E-state index contributed by atoms with van der Waals surface area (Å²) < 4.78 is 7.25. The normalized spacial score (nSPS) is 10.4. The SMILES string of the molecule is CCCCCn1cc(OCCN)cn1. The number of aryl methyl sites for hydroxylation is 1. The molecule has 0 radical (unpaired) electrons. The van der Waals surface area contributed by atoms with Gasteiger partial charge in [0.2, 0.25) is 0 Å². The molecule has 0 spiro atoms. The molecule has 1 rings (SSSR count). The maximum Gasteiger partial charge on any atom is 0.157 e. The second-order valence-electron chi connectivity index (χ2n) is 3.28. The van der Waals surface area contributed by atoms with Crippen LogP contribution >= 0.6 is 0 Å². The molecule has 0 aromatic carbocycles. The topological polar surface area (TPSA) is 53.1 Å². The Hall–Kier alpha value is -1.03. The van der Waals surface area contributed by atoms with Crippen LogP contribution in [0.25, 0.3) is 0 Å². The molecule has 0 aliphatic rings. The van der Waals surface area contributed by atoms with Gasteiger partial charge < -0.3 is 10.5 Å². The van der Waals surface area contributed by atoms with Crippen molar-refractivity contribution in [1.82, 2.24) is 9.78 Å². The molecule has 0 fully saturated rings. The molecule has 0 unspecified atom stereocenters. The molecule has 2 N–H and O–H groups in total. The lowest BCUT2D eigenvalue weighted by molar-refractivity contribution is 0.327. The number of hydrogen-bond acceptors (Lipinski definition) is 3. The van der Waals surface area contributed by atoms with Crippen LogP contribution in [-0.2, 0) is 6.54 Å². The maximum absolute atomic E-state index is 5.33. The fourth-order valence-corrected chi connectivity index (χ4v) is 1.24. The molecule has 14 heavy (non-hydrogen) atoms. The average Bonchev–Trinajstić information content (AvgIpc) is 2.63. The Bertz CT molecular complexity index is 247. The molecule has 0 saturated heterocycles. The number of nitrogens with zero attached hydrogens (tertiary/aromatic N) is 2. The van der Waals surface area contributed by atoms with Gasteiger partial charge in [-0.15, -0.1) is 0 Å². The van der Waals surface area contributed by atoms with Crippen molar-refractivity contribution in [1.29, 1.82) is 0 Å². The summed E-state index contributed by atoms with van der Waals surface area (Å²) in [5.41, 5.74) is 5.33. The Morgan fingerprint density at radius 3 is 3.07 bits per heavy atom. The molecule has 0 atom stereocenters. The molecule has 1 heterocycles. The first-order valence-corrected chi connectivity index (χ1v) is 5.22. The van der Waals surface area contributed by atoms with E-state index in [1.165, 1.54) is 19.3 Å². The van der Waals surface area contributed by atoms with Crippen LogP contribution in [0.15, 0.2) is 12.4 Å². The van der Waals surface area contributed by atoms with Crippen LogP contribution in [0.1, 0.15) is 26.2 Å². The lowest BCUT2D eigenvalue weighted by atomic mass is 10.2. The summed E-state index contributed by atoms with van der Waals surface area (Å²) in [6, 6.07) is 0. The number of hydrogen-bond donors (Lipinski definition) is 1. The molecule has 80 valence electrons. The van der Waals surface area contributed by atoms with Crippen molar-refractivity contribution in [3.8, 4) is 5.75 Å². The molecule has 0 aliphatic carbocycles. The Kier molecular flexibility index (Phi) is 5.07. The van der Waals surface area contributed by atoms with Gasteiger partial charge in [0.1, 0.15) is 6.61 Å². The third kappa shape index (κ3) is 3.79. The molecule has 4 nitrogen and oxygen atoms in total. The third-order valence-electron chi connectivity index (χ3n) is 1.99. The van der Waals surface area contributed by atoms with Gasteiger partial charge in [-0.05, 0) is 6.42 Å². The largest absolute Gasteiger partial charge is 0.489 e. The number of rotatable bonds is 7. The Morgan fingerprint density at radius 2 is 2.36 bits per heavy atom. The van der Waals surface area contributed by atoms with Crippen LogP contribution in [0, 0.1) is 0 Å². The summed E-state index contributed by atoms with van der Waals surface area (Å²) >= 11 is 0. The lowest BCUT2D eigenvalue weighted by Crippen LogP contribution is -2.10. The van der Waals surface area contributed by atoms with Gasteiger partial charge in [0.05, 0.1) is 12.4 Å². The predicted octanol–water partition coefficient (Wildman–Crippen LogP) is 1.41. The van der Waals surface area contributed by atoms with Crippen LogP contribution < -0.4 is 10.5 Å². The van der Waals surface area contributed by atoms with Crippen LogP contribution in [0.4, 0.5) is 0 Å². The summed E-state index contributed by atoms with van der Waals surface area (Å²) in [5, 5.41) is 4.19. The van der Waals surface area contributed by atoms with E-state index in [4.69, 9.17) is 10.5 Å². The number of ether oxygens (including phenoxy) is 1. The highest BCUT2D eigenvalue weighted by atomic mass is 16.5. The van der Waals surface area contributed by atoms with E-state index >= 15 is 0 Å². The highest BCUT2D eigenvalue weighted by molar-refractivity contribution is 5.11. The van der Waals surface area contributed by atoms with E-state index in [0.717, 1.165) is 12.3 Å². The van der Waals surface area contributed by atoms with Gasteiger partial charge >= 0.3 is 0 Å². The van der Waals surface area contributed by atoms with Gasteiger partial charge in [-0.2, -0.15) is 5.10 Å². The van der Waals surface area contributed by atoms with Crippen molar-refractivity contribution in [3.05, 3.63) is 12.4 Å². The molecular formula is C10H19N3O. The van der Waals surface area contributed by atoms with Crippen LogP contribution in [0.2, 0.25) is 0 Å². The van der Waals surface area contributed by atoms with Gasteiger partial charge in [0.15, 0.2) is 5.75 Å². The molecule has 0 saturated carbocycles. The monoisotopic (exact) mass is 197 g/mol. The fourth-order valence-electron chi connectivity index (χ4n) is 1.24. The smallest absolute Gasteiger partial charge is 0.157 e. The molecule has 0 amide bonds. The summed E-state index contributed by atoms with van der Waals surface area (Å²) in [6.07, 6.45) is 7.32. The quantitative estimate of drug-likeness (QED) is 0.672. The molecule has 1 aromatic heterocycles. The molecular weight excluding hydrogens is 178 g/mol. The lowest BCUT2D eigenvalue weighted by Gasteiger charge is -2.00. The van der Waals surface area contributed by atoms with Crippen molar-refractivity contribution in [3.63, 3.8) is 0 Å². The maximum atomic E-state index is 5.33. The first-order chi connectivity index (χ1) is 6.86. The minimum atomic E-state index is 0.543. The van der Waals surface area contributed by atoms with Gasteiger partial charge in [-0.1, -0.05) is 19.8 Å². The van der Waals surface area contributed by atoms with E-state index in [9.17, 15) is 0 Å². The van der Waals surface area contributed by atoms with E-state index in [-0.39, 0.29) is 0 Å². The fraction of sp³-hybridized carbons (Fsp3) is 0.700. The zero-order valence-electron chi connectivity index (χ0n) is 8.78. The van der Waals surface area contributed by atoms with Crippen molar-refractivity contribution >= 4 is 0 Å².